The molecule has 4 heterocycles. The van der Waals surface area contributed by atoms with Crippen molar-refractivity contribution >= 4 is 22.8 Å². The van der Waals surface area contributed by atoms with E-state index in [-0.39, 0.29) is 41.4 Å². The van der Waals surface area contributed by atoms with Crippen LogP contribution < -0.4 is 9.64 Å². The third-order valence-electron chi connectivity index (χ3n) is 9.09. The van der Waals surface area contributed by atoms with Crippen LogP contribution in [0.4, 0.5) is 14.6 Å². The van der Waals surface area contributed by atoms with Crippen molar-refractivity contribution in [2.24, 2.45) is 0 Å². The number of methoxy groups -OCH3 is 1. The van der Waals surface area contributed by atoms with Crippen LogP contribution in [0.2, 0.25) is 0 Å². The molecule has 1 saturated carbocycles. The Morgan fingerprint density at radius 3 is 2.62 bits per heavy atom. The number of aromatic nitrogens is 3. The average Bonchev–Trinajstić information content (AvgIpc) is 3.35. The molecule has 2 aromatic heterocycles. The molecule has 0 radical (unpaired) electrons. The van der Waals surface area contributed by atoms with Crippen molar-refractivity contribution in [2.45, 2.75) is 57.1 Å². The van der Waals surface area contributed by atoms with E-state index in [2.05, 4.69) is 9.80 Å². The number of nitrogens with zero attached hydrogens (tertiary/aromatic N) is 6. The SMILES string of the molecule is COC(=O)c1cc(F)c2nc(CN3CCN(c4cccc(OCc5ccc(C#N)cc5F)n4)C4CCC43)n(C[C@@H]3CCO3)c2c1. The van der Waals surface area contributed by atoms with Gasteiger partial charge < -0.3 is 23.7 Å². The zero-order valence-electron chi connectivity index (χ0n) is 24.8. The molecule has 1 aliphatic carbocycles. The number of rotatable bonds is 9. The van der Waals surface area contributed by atoms with Crippen LogP contribution in [0, 0.1) is 23.0 Å². The molecule has 0 N–H and O–H groups in total. The molecule has 0 bridgehead atoms. The number of anilines is 1. The number of halogens is 2. The van der Waals surface area contributed by atoms with E-state index in [1.54, 1.807) is 24.3 Å². The van der Waals surface area contributed by atoms with Crippen molar-refractivity contribution in [1.29, 1.82) is 5.26 Å². The van der Waals surface area contributed by atoms with Gasteiger partial charge in [-0.1, -0.05) is 12.1 Å². The first kappa shape index (κ1) is 29.1. The lowest BCUT2D eigenvalue weighted by atomic mass is 9.81. The molecule has 10 nitrogen and oxygen atoms in total. The lowest BCUT2D eigenvalue weighted by Crippen LogP contribution is -2.64. The maximum atomic E-state index is 15.2. The van der Waals surface area contributed by atoms with Gasteiger partial charge in [0, 0.05) is 43.4 Å². The third kappa shape index (κ3) is 5.58. The normalized spacial score (nSPS) is 21.0. The van der Waals surface area contributed by atoms with Gasteiger partial charge in [-0.2, -0.15) is 10.2 Å². The quantitative estimate of drug-likeness (QED) is 0.250. The van der Waals surface area contributed by atoms with Crippen molar-refractivity contribution in [3.63, 3.8) is 0 Å². The number of pyridine rings is 1. The Kier molecular flexibility index (Phi) is 7.81. The lowest BCUT2D eigenvalue weighted by molar-refractivity contribution is -0.0594. The van der Waals surface area contributed by atoms with E-state index in [0.29, 0.717) is 36.7 Å². The van der Waals surface area contributed by atoms with Gasteiger partial charge in [0.15, 0.2) is 5.82 Å². The van der Waals surface area contributed by atoms with Crippen molar-refractivity contribution in [1.82, 2.24) is 19.4 Å². The number of ether oxygens (including phenoxy) is 3. The third-order valence-corrected chi connectivity index (χ3v) is 9.09. The molecule has 0 amide bonds. The highest BCUT2D eigenvalue weighted by Gasteiger charge is 2.44. The zero-order valence-corrected chi connectivity index (χ0v) is 24.8. The molecular weight excluding hydrogens is 582 g/mol. The van der Waals surface area contributed by atoms with Crippen LogP contribution in [0.3, 0.4) is 0 Å². The number of benzene rings is 2. The summed E-state index contributed by atoms with van der Waals surface area (Å²) in [5, 5.41) is 8.98. The van der Waals surface area contributed by atoms with E-state index >= 15 is 4.39 Å². The second-order valence-corrected chi connectivity index (χ2v) is 11.7. The maximum absolute atomic E-state index is 15.2. The first-order chi connectivity index (χ1) is 21.9. The molecule has 2 saturated heterocycles. The van der Waals surface area contributed by atoms with Crippen LogP contribution in [0.15, 0.2) is 48.5 Å². The second-order valence-electron chi connectivity index (χ2n) is 11.7. The summed E-state index contributed by atoms with van der Waals surface area (Å²) in [5.74, 6) is 0.304. The summed E-state index contributed by atoms with van der Waals surface area (Å²) in [5.41, 5.74) is 1.56. The molecule has 0 spiro atoms. The molecule has 12 heteroatoms. The van der Waals surface area contributed by atoms with E-state index in [0.717, 1.165) is 44.0 Å². The smallest absolute Gasteiger partial charge is 0.338 e. The molecule has 7 rings (SSSR count). The Balaban J connectivity index is 1.08. The summed E-state index contributed by atoms with van der Waals surface area (Å²) in [7, 11) is 1.28. The fourth-order valence-corrected chi connectivity index (χ4v) is 6.44. The highest BCUT2D eigenvalue weighted by Crippen LogP contribution is 2.37. The Morgan fingerprint density at radius 2 is 1.91 bits per heavy atom. The first-order valence-electron chi connectivity index (χ1n) is 15.1. The largest absolute Gasteiger partial charge is 0.473 e. The van der Waals surface area contributed by atoms with Gasteiger partial charge in [0.05, 0.1) is 49.0 Å². The van der Waals surface area contributed by atoms with E-state index in [1.165, 1.54) is 19.2 Å². The first-order valence-corrected chi connectivity index (χ1v) is 15.1. The van der Waals surface area contributed by atoms with Gasteiger partial charge in [0.25, 0.3) is 0 Å². The number of hydrogen-bond acceptors (Lipinski definition) is 9. The summed E-state index contributed by atoms with van der Waals surface area (Å²) >= 11 is 0. The van der Waals surface area contributed by atoms with Gasteiger partial charge in [-0.15, -0.1) is 0 Å². The molecule has 232 valence electrons. The molecule has 4 aromatic rings. The van der Waals surface area contributed by atoms with Crippen LogP contribution in [-0.4, -0.2) is 70.4 Å². The average molecular weight is 615 g/mol. The van der Waals surface area contributed by atoms with Gasteiger partial charge in [-0.05, 0) is 49.6 Å². The number of hydrogen-bond donors (Lipinski definition) is 0. The number of imidazole rings is 1. The number of fused-ring (bicyclic) bond motifs is 2. The molecule has 2 unspecified atom stereocenters. The van der Waals surface area contributed by atoms with Gasteiger partial charge >= 0.3 is 5.97 Å². The Labute approximate surface area is 258 Å². The lowest BCUT2D eigenvalue weighted by Gasteiger charge is -2.54. The molecule has 2 aliphatic heterocycles. The Morgan fingerprint density at radius 1 is 1.07 bits per heavy atom. The Hall–Kier alpha value is -4.60. The molecule has 2 aromatic carbocycles. The van der Waals surface area contributed by atoms with Crippen molar-refractivity contribution < 1.29 is 27.8 Å². The molecule has 3 atom stereocenters. The fourth-order valence-electron chi connectivity index (χ4n) is 6.44. The number of carbonyl (C=O) groups excluding carboxylic acids is 1. The molecular formula is C33H32F2N6O4. The summed E-state index contributed by atoms with van der Waals surface area (Å²) in [4.78, 5) is 26.4. The number of esters is 1. The van der Waals surface area contributed by atoms with Gasteiger partial charge in [0.2, 0.25) is 5.88 Å². The fraction of sp³-hybridized carbons (Fsp3) is 0.394. The van der Waals surface area contributed by atoms with Gasteiger partial charge in [0.1, 0.15) is 29.6 Å². The van der Waals surface area contributed by atoms with E-state index in [4.69, 9.17) is 29.4 Å². The zero-order chi connectivity index (χ0) is 31.1. The minimum atomic E-state index is -0.595. The van der Waals surface area contributed by atoms with Crippen LogP contribution in [0.1, 0.15) is 46.6 Å². The summed E-state index contributed by atoms with van der Waals surface area (Å²) in [6.07, 6.45) is 2.96. The predicted octanol–water partition coefficient (Wildman–Crippen LogP) is 4.59. The van der Waals surface area contributed by atoms with Crippen LogP contribution in [-0.2, 0) is 29.2 Å². The van der Waals surface area contributed by atoms with Crippen LogP contribution in [0.5, 0.6) is 5.88 Å². The highest BCUT2D eigenvalue weighted by molar-refractivity contribution is 5.94. The molecule has 45 heavy (non-hydrogen) atoms. The van der Waals surface area contributed by atoms with Gasteiger partial charge in [-0.25, -0.2) is 18.6 Å². The summed E-state index contributed by atoms with van der Waals surface area (Å²) < 4.78 is 47.9. The summed E-state index contributed by atoms with van der Waals surface area (Å²) in [6, 6.07) is 15.2. The van der Waals surface area contributed by atoms with E-state index in [1.807, 2.05) is 22.8 Å². The molecule has 3 aliphatic rings. The van der Waals surface area contributed by atoms with Crippen molar-refractivity contribution in [3.8, 4) is 11.9 Å². The van der Waals surface area contributed by atoms with Crippen LogP contribution in [0.25, 0.3) is 11.0 Å². The van der Waals surface area contributed by atoms with Crippen molar-refractivity contribution in [2.75, 3.05) is 31.7 Å². The monoisotopic (exact) mass is 614 g/mol. The second kappa shape index (κ2) is 12.1. The standard InChI is InChI=1S/C33H32F2N6O4/c1-43-33(42)22-14-25(35)32-28(15-22)41(17-23-9-12-44-23)30(38-32)18-39-10-11-40(27-8-7-26(27)39)29-3-2-4-31(37-29)45-19-21-6-5-20(16-36)13-24(21)34/h2-6,13-15,23,26-27H,7-12,17-19H2,1H3/t23-,26?,27?/m0/s1. The topological polar surface area (TPSA) is 106 Å². The number of nitriles is 1. The summed E-state index contributed by atoms with van der Waals surface area (Å²) in [6.45, 7) is 3.26. The predicted molar refractivity (Wildman–Crippen MR) is 160 cm³/mol. The van der Waals surface area contributed by atoms with Gasteiger partial charge in [-0.3, -0.25) is 4.90 Å². The van der Waals surface area contributed by atoms with E-state index in [9.17, 15) is 9.18 Å². The number of carbonyl (C=O) groups is 1. The minimum absolute atomic E-state index is 0.00242. The molecule has 3 fully saturated rings. The van der Waals surface area contributed by atoms with Crippen LogP contribution >= 0.6 is 0 Å². The van der Waals surface area contributed by atoms with E-state index < -0.39 is 17.6 Å². The Bertz CT molecular complexity index is 1800. The maximum Gasteiger partial charge on any atom is 0.338 e. The number of piperazine rings is 1. The van der Waals surface area contributed by atoms with Crippen molar-refractivity contribution in [3.05, 3.63) is 82.7 Å². The minimum Gasteiger partial charge on any atom is -0.473 e. The highest BCUT2D eigenvalue weighted by atomic mass is 19.1.